The number of imide groups is 1. The quantitative estimate of drug-likeness (QED) is 0.685. The van der Waals surface area contributed by atoms with E-state index in [1.807, 2.05) is 37.3 Å². The van der Waals surface area contributed by atoms with Crippen LogP contribution in [-0.4, -0.2) is 40.2 Å². The summed E-state index contributed by atoms with van der Waals surface area (Å²) in [4.78, 5) is 42.4. The molecule has 5 rings (SSSR count). The summed E-state index contributed by atoms with van der Waals surface area (Å²) < 4.78 is 13.4. The van der Waals surface area contributed by atoms with Gasteiger partial charge < -0.3 is 10.2 Å². The highest BCUT2D eigenvalue weighted by atomic mass is 19.1. The number of hydrogen-bond acceptors (Lipinski definition) is 3. The zero-order chi connectivity index (χ0) is 23.2. The van der Waals surface area contributed by atoms with Crippen molar-refractivity contribution in [1.29, 1.82) is 0 Å². The van der Waals surface area contributed by atoms with Gasteiger partial charge in [-0.15, -0.1) is 0 Å². The summed E-state index contributed by atoms with van der Waals surface area (Å²) in [7, 11) is 0. The topological polar surface area (TPSA) is 69.7 Å². The molecule has 2 unspecified atom stereocenters. The van der Waals surface area contributed by atoms with Crippen LogP contribution in [0.4, 0.5) is 9.18 Å². The number of carbonyl (C=O) groups excluding carboxylic acids is 3. The van der Waals surface area contributed by atoms with Crippen molar-refractivity contribution in [1.82, 2.24) is 15.1 Å². The molecule has 4 amide bonds. The second-order valence-electron chi connectivity index (χ2n) is 9.13. The van der Waals surface area contributed by atoms with Crippen molar-refractivity contribution in [3.63, 3.8) is 0 Å². The molecule has 0 bridgehead atoms. The number of halogens is 1. The van der Waals surface area contributed by atoms with Gasteiger partial charge in [-0.2, -0.15) is 0 Å². The maximum atomic E-state index is 13.5. The van der Waals surface area contributed by atoms with Crippen LogP contribution >= 0.6 is 0 Å². The molecule has 2 atom stereocenters. The molecule has 7 heteroatoms. The maximum Gasteiger partial charge on any atom is 0.326 e. The van der Waals surface area contributed by atoms with Crippen molar-refractivity contribution in [3.05, 3.63) is 77.1 Å². The zero-order valence-corrected chi connectivity index (χ0v) is 18.5. The number of amides is 4. The lowest BCUT2D eigenvalue weighted by molar-refractivity contribution is -0.141. The molecule has 33 heavy (non-hydrogen) atoms. The predicted molar refractivity (Wildman–Crippen MR) is 121 cm³/mol. The van der Waals surface area contributed by atoms with Crippen LogP contribution in [0.2, 0.25) is 0 Å². The van der Waals surface area contributed by atoms with Gasteiger partial charge in [0.2, 0.25) is 5.91 Å². The standard InChI is InChI=1S/C26H26FN3O3/c1-17(19-6-4-7-19)29(15-18-9-11-21(27)12-10-18)23(31)16-30-24(32)26(28-25(30)33)14-13-20-5-2-3-8-22(20)26/h2-3,5,8-14,17,19H,4,6-7,15-16H2,1H3,(H,28,33). The van der Waals surface area contributed by atoms with Gasteiger partial charge in [-0.25, -0.2) is 9.18 Å². The van der Waals surface area contributed by atoms with Crippen molar-refractivity contribution < 1.29 is 18.8 Å². The Morgan fingerprint density at radius 3 is 2.61 bits per heavy atom. The summed E-state index contributed by atoms with van der Waals surface area (Å²) in [6.45, 7) is 1.98. The minimum absolute atomic E-state index is 0.0434. The molecule has 1 N–H and O–H groups in total. The van der Waals surface area contributed by atoms with E-state index in [-0.39, 0.29) is 24.3 Å². The first kappa shape index (κ1) is 21.4. The monoisotopic (exact) mass is 447 g/mol. The number of carbonyl (C=O) groups is 3. The SMILES string of the molecule is CC(C1CCC1)N(Cc1ccc(F)cc1)C(=O)CN1C(=O)NC2(C=Cc3ccccc32)C1=O. The van der Waals surface area contributed by atoms with Crippen LogP contribution in [0.5, 0.6) is 0 Å². The maximum absolute atomic E-state index is 13.5. The Morgan fingerprint density at radius 2 is 1.91 bits per heavy atom. The highest BCUT2D eigenvalue weighted by Gasteiger charge is 2.54. The van der Waals surface area contributed by atoms with Crippen LogP contribution in [0.15, 0.2) is 54.6 Å². The summed E-state index contributed by atoms with van der Waals surface area (Å²) in [5, 5.41) is 2.80. The Bertz CT molecular complexity index is 1140. The van der Waals surface area contributed by atoms with Gasteiger partial charge in [-0.3, -0.25) is 14.5 Å². The van der Waals surface area contributed by atoms with Crippen LogP contribution in [0.1, 0.15) is 42.9 Å². The number of hydrogen-bond donors (Lipinski definition) is 1. The van der Waals surface area contributed by atoms with Crippen molar-refractivity contribution in [2.24, 2.45) is 5.92 Å². The molecule has 1 saturated carbocycles. The first-order valence-corrected chi connectivity index (χ1v) is 11.4. The minimum atomic E-state index is -1.25. The van der Waals surface area contributed by atoms with E-state index in [1.54, 1.807) is 23.1 Å². The molecule has 1 heterocycles. The van der Waals surface area contributed by atoms with Crippen LogP contribution in [0, 0.1) is 11.7 Å². The summed E-state index contributed by atoms with van der Waals surface area (Å²) in [5.41, 5.74) is 1.13. The molecule has 1 saturated heterocycles. The number of nitrogens with one attached hydrogen (secondary N) is 1. The molecule has 0 radical (unpaired) electrons. The van der Waals surface area contributed by atoms with Gasteiger partial charge in [0.05, 0.1) is 0 Å². The van der Waals surface area contributed by atoms with Crippen molar-refractivity contribution >= 4 is 23.9 Å². The number of urea groups is 1. The summed E-state index contributed by atoms with van der Waals surface area (Å²) in [5.74, 6) is -0.693. The van der Waals surface area contributed by atoms with Gasteiger partial charge in [0.15, 0.2) is 5.54 Å². The highest BCUT2D eigenvalue weighted by Crippen LogP contribution is 2.39. The first-order valence-electron chi connectivity index (χ1n) is 11.4. The van der Waals surface area contributed by atoms with Crippen molar-refractivity contribution in [2.75, 3.05) is 6.54 Å². The Labute approximate surface area is 192 Å². The van der Waals surface area contributed by atoms with Crippen molar-refractivity contribution in [2.45, 2.75) is 44.3 Å². The van der Waals surface area contributed by atoms with Crippen LogP contribution in [0.3, 0.4) is 0 Å². The third-order valence-electron chi connectivity index (χ3n) is 7.23. The highest BCUT2D eigenvalue weighted by molar-refractivity contribution is 6.12. The molecule has 2 aliphatic carbocycles. The molecule has 3 aliphatic rings. The lowest BCUT2D eigenvalue weighted by Crippen LogP contribution is -2.49. The summed E-state index contributed by atoms with van der Waals surface area (Å²) in [6, 6.07) is 12.8. The summed E-state index contributed by atoms with van der Waals surface area (Å²) in [6.07, 6.45) is 6.73. The number of fused-ring (bicyclic) bond motifs is 2. The second-order valence-corrected chi connectivity index (χ2v) is 9.13. The van der Waals surface area contributed by atoms with Gasteiger partial charge in [0, 0.05) is 12.6 Å². The van der Waals surface area contributed by atoms with E-state index in [0.29, 0.717) is 18.0 Å². The van der Waals surface area contributed by atoms with Crippen molar-refractivity contribution in [3.8, 4) is 0 Å². The Balaban J connectivity index is 1.38. The van der Waals surface area contributed by atoms with E-state index < -0.39 is 17.5 Å². The molecule has 1 aliphatic heterocycles. The first-order chi connectivity index (χ1) is 15.9. The van der Waals surface area contributed by atoms with E-state index in [9.17, 15) is 18.8 Å². The molecule has 170 valence electrons. The Kier molecular flexibility index (Phi) is 5.27. The Morgan fingerprint density at radius 1 is 1.18 bits per heavy atom. The van der Waals surface area contributed by atoms with E-state index in [0.717, 1.165) is 35.3 Å². The second kappa shape index (κ2) is 8.14. The molecule has 2 fully saturated rings. The third-order valence-corrected chi connectivity index (χ3v) is 7.23. The largest absolute Gasteiger partial charge is 0.334 e. The summed E-state index contributed by atoms with van der Waals surface area (Å²) >= 11 is 0. The molecular weight excluding hydrogens is 421 g/mol. The zero-order valence-electron chi connectivity index (χ0n) is 18.5. The molecular formula is C26H26FN3O3. The van der Waals surface area contributed by atoms with E-state index in [2.05, 4.69) is 5.32 Å². The van der Waals surface area contributed by atoms with Crippen LogP contribution in [-0.2, 0) is 21.7 Å². The van der Waals surface area contributed by atoms with Crippen LogP contribution < -0.4 is 5.32 Å². The van der Waals surface area contributed by atoms with Gasteiger partial charge >= 0.3 is 6.03 Å². The fourth-order valence-corrected chi connectivity index (χ4v) is 4.99. The molecule has 0 aromatic heterocycles. The van der Waals surface area contributed by atoms with E-state index in [4.69, 9.17) is 0 Å². The molecule has 6 nitrogen and oxygen atoms in total. The van der Waals surface area contributed by atoms with Gasteiger partial charge in [-0.1, -0.05) is 48.9 Å². The smallest absolute Gasteiger partial charge is 0.326 e. The van der Waals surface area contributed by atoms with Gasteiger partial charge in [0.1, 0.15) is 12.4 Å². The Hall–Kier alpha value is -3.48. The van der Waals surface area contributed by atoms with Gasteiger partial charge in [0.25, 0.3) is 5.91 Å². The minimum Gasteiger partial charge on any atom is -0.334 e. The van der Waals surface area contributed by atoms with E-state index in [1.165, 1.54) is 12.1 Å². The van der Waals surface area contributed by atoms with Crippen LogP contribution in [0.25, 0.3) is 6.08 Å². The van der Waals surface area contributed by atoms with E-state index >= 15 is 0 Å². The molecule has 2 aromatic rings. The normalized spacial score (nSPS) is 22.3. The van der Waals surface area contributed by atoms with Gasteiger partial charge in [-0.05, 0) is 60.6 Å². The fraction of sp³-hybridized carbons (Fsp3) is 0.346. The fourth-order valence-electron chi connectivity index (χ4n) is 4.99. The number of nitrogens with zero attached hydrogens (tertiary/aromatic N) is 2. The number of rotatable bonds is 6. The number of benzene rings is 2. The average Bonchev–Trinajstić information content (AvgIpc) is 3.25. The lowest BCUT2D eigenvalue weighted by Gasteiger charge is -2.39. The molecule has 2 aromatic carbocycles. The average molecular weight is 448 g/mol. The third kappa shape index (κ3) is 3.61. The molecule has 1 spiro atoms. The lowest BCUT2D eigenvalue weighted by atomic mass is 9.79. The predicted octanol–water partition coefficient (Wildman–Crippen LogP) is 3.82.